The van der Waals surface area contributed by atoms with Crippen molar-refractivity contribution in [2.24, 2.45) is 5.10 Å². The molecule has 0 saturated heterocycles. The summed E-state index contributed by atoms with van der Waals surface area (Å²) in [6.45, 7) is 9.87. The van der Waals surface area contributed by atoms with E-state index in [1.165, 1.54) is 17.9 Å². The number of nitrogens with zero attached hydrogens (tertiary/aromatic N) is 3. The van der Waals surface area contributed by atoms with Gasteiger partial charge in [-0.05, 0) is 89.3 Å². The van der Waals surface area contributed by atoms with Crippen LogP contribution in [-0.4, -0.2) is 66.1 Å². The van der Waals surface area contributed by atoms with Crippen LogP contribution in [-0.2, 0) is 16.1 Å². The van der Waals surface area contributed by atoms with Crippen molar-refractivity contribution < 1.29 is 23.8 Å². The van der Waals surface area contributed by atoms with Crippen LogP contribution >= 0.6 is 0 Å². The highest BCUT2D eigenvalue weighted by atomic mass is 16.5. The summed E-state index contributed by atoms with van der Waals surface area (Å²) in [5.41, 5.74) is 3.31. The Morgan fingerprint density at radius 2 is 1.73 bits per heavy atom. The lowest BCUT2D eigenvalue weighted by molar-refractivity contribution is -0.132. The molecule has 1 aliphatic heterocycles. The lowest BCUT2D eigenvalue weighted by Gasteiger charge is -2.30. The number of amides is 2. The van der Waals surface area contributed by atoms with Gasteiger partial charge in [-0.25, -0.2) is 9.80 Å². The predicted octanol–water partition coefficient (Wildman–Crippen LogP) is 6.21. The first kappa shape index (κ1) is 30.4. The smallest absolute Gasteiger partial charge is 0.411 e. The second-order valence-corrected chi connectivity index (χ2v) is 11.3. The number of ether oxygens (including phenoxy) is 3. The zero-order valence-corrected chi connectivity index (χ0v) is 25.0. The van der Waals surface area contributed by atoms with Gasteiger partial charge in [0.1, 0.15) is 6.61 Å². The van der Waals surface area contributed by atoms with Crippen LogP contribution in [0.3, 0.4) is 0 Å². The second kappa shape index (κ2) is 14.3. The average Bonchev–Trinajstić information content (AvgIpc) is 3.46. The highest BCUT2D eigenvalue weighted by molar-refractivity contribution is 6.04. The molecule has 1 N–H and O–H groups in total. The molecular formula is C32H44N4O5. The van der Waals surface area contributed by atoms with Gasteiger partial charge in [-0.2, -0.15) is 5.10 Å². The molecule has 41 heavy (non-hydrogen) atoms. The van der Waals surface area contributed by atoms with E-state index in [0.29, 0.717) is 56.1 Å². The fraction of sp³-hybridized carbons (Fsp3) is 0.531. The van der Waals surface area contributed by atoms with Crippen LogP contribution in [0.2, 0.25) is 0 Å². The Labute approximate surface area is 243 Å². The molecule has 2 aliphatic rings. The summed E-state index contributed by atoms with van der Waals surface area (Å²) in [5, 5.41) is 9.00. The fourth-order valence-electron chi connectivity index (χ4n) is 5.44. The van der Waals surface area contributed by atoms with Gasteiger partial charge >= 0.3 is 6.09 Å². The molecule has 2 amide bonds. The lowest BCUT2D eigenvalue weighted by atomic mass is 10.0. The maximum Gasteiger partial charge on any atom is 0.411 e. The second-order valence-electron chi connectivity index (χ2n) is 11.3. The normalized spacial score (nSPS) is 16.0. The topological polar surface area (TPSA) is 92.7 Å². The molecule has 2 aromatic rings. The number of benzene rings is 2. The summed E-state index contributed by atoms with van der Waals surface area (Å²) in [7, 11) is 1.65. The van der Waals surface area contributed by atoms with E-state index in [2.05, 4.69) is 37.9 Å². The fourth-order valence-corrected chi connectivity index (χ4v) is 5.44. The molecule has 9 nitrogen and oxygen atoms in total. The Morgan fingerprint density at radius 3 is 2.39 bits per heavy atom. The SMILES string of the molecule is COc1ccc(C2=NN(Cc3ccc(NC(=O)OCCN(C(C)C)C(C)C)cc3)C(=O)CC2)cc1OC1CCCC1. The van der Waals surface area contributed by atoms with Crippen LogP contribution in [0.15, 0.2) is 47.6 Å². The quantitative estimate of drug-likeness (QED) is 0.330. The maximum atomic E-state index is 12.7. The highest BCUT2D eigenvalue weighted by Crippen LogP contribution is 2.33. The monoisotopic (exact) mass is 564 g/mol. The van der Waals surface area contributed by atoms with Crippen molar-refractivity contribution in [2.75, 3.05) is 25.6 Å². The van der Waals surface area contributed by atoms with Crippen molar-refractivity contribution in [2.45, 2.75) is 91.0 Å². The molecule has 1 saturated carbocycles. The largest absolute Gasteiger partial charge is 0.493 e. The van der Waals surface area contributed by atoms with Gasteiger partial charge in [-0.1, -0.05) is 12.1 Å². The third-order valence-corrected chi connectivity index (χ3v) is 7.64. The minimum absolute atomic E-state index is 0.0210. The average molecular weight is 565 g/mol. The van der Waals surface area contributed by atoms with Crippen LogP contribution in [0.25, 0.3) is 0 Å². The molecular weight excluding hydrogens is 520 g/mol. The first-order valence-corrected chi connectivity index (χ1v) is 14.7. The van der Waals surface area contributed by atoms with Gasteiger partial charge in [0.25, 0.3) is 0 Å². The third-order valence-electron chi connectivity index (χ3n) is 7.64. The van der Waals surface area contributed by atoms with Gasteiger partial charge in [0.2, 0.25) is 5.91 Å². The van der Waals surface area contributed by atoms with E-state index < -0.39 is 6.09 Å². The van der Waals surface area contributed by atoms with E-state index in [9.17, 15) is 9.59 Å². The Hall–Kier alpha value is -3.59. The van der Waals surface area contributed by atoms with Gasteiger partial charge in [0.05, 0.1) is 25.5 Å². The van der Waals surface area contributed by atoms with E-state index >= 15 is 0 Å². The molecule has 0 aromatic heterocycles. The van der Waals surface area contributed by atoms with E-state index in [-0.39, 0.29) is 12.0 Å². The zero-order chi connectivity index (χ0) is 29.4. The van der Waals surface area contributed by atoms with Crippen LogP contribution < -0.4 is 14.8 Å². The minimum atomic E-state index is -0.485. The molecule has 9 heteroatoms. The molecule has 0 radical (unpaired) electrons. The van der Waals surface area contributed by atoms with Gasteiger partial charge in [-0.3, -0.25) is 15.0 Å². The molecule has 222 valence electrons. The van der Waals surface area contributed by atoms with Crippen LogP contribution in [0.5, 0.6) is 11.5 Å². The third kappa shape index (κ3) is 8.45. The summed E-state index contributed by atoms with van der Waals surface area (Å²) < 4.78 is 17.2. The number of hydrazone groups is 1. The van der Waals surface area contributed by atoms with E-state index in [4.69, 9.17) is 19.3 Å². The predicted molar refractivity (Wildman–Crippen MR) is 161 cm³/mol. The van der Waals surface area contributed by atoms with Crippen LogP contribution in [0, 0.1) is 0 Å². The Balaban J connectivity index is 1.35. The molecule has 0 atom stereocenters. The molecule has 0 unspecified atom stereocenters. The van der Waals surface area contributed by atoms with Gasteiger partial charge in [-0.15, -0.1) is 0 Å². The lowest BCUT2D eigenvalue weighted by Crippen LogP contribution is -2.39. The molecule has 1 fully saturated rings. The van der Waals surface area contributed by atoms with Crippen molar-refractivity contribution in [1.29, 1.82) is 0 Å². The summed E-state index contributed by atoms with van der Waals surface area (Å²) in [5.74, 6) is 1.41. The number of hydrogen-bond acceptors (Lipinski definition) is 7. The Morgan fingerprint density at radius 1 is 1.02 bits per heavy atom. The first-order chi connectivity index (χ1) is 19.7. The zero-order valence-electron chi connectivity index (χ0n) is 25.0. The van der Waals surface area contributed by atoms with Crippen molar-refractivity contribution >= 4 is 23.4 Å². The van der Waals surface area contributed by atoms with Gasteiger partial charge < -0.3 is 14.2 Å². The molecule has 1 heterocycles. The first-order valence-electron chi connectivity index (χ1n) is 14.7. The minimum Gasteiger partial charge on any atom is -0.493 e. The Bertz CT molecular complexity index is 1200. The number of rotatable bonds is 12. The summed E-state index contributed by atoms with van der Waals surface area (Å²) >= 11 is 0. The van der Waals surface area contributed by atoms with E-state index in [0.717, 1.165) is 35.4 Å². The number of methoxy groups -OCH3 is 1. The number of anilines is 1. The van der Waals surface area contributed by atoms with Gasteiger partial charge in [0, 0.05) is 42.7 Å². The highest BCUT2D eigenvalue weighted by Gasteiger charge is 2.24. The van der Waals surface area contributed by atoms with Crippen molar-refractivity contribution in [3.05, 3.63) is 53.6 Å². The van der Waals surface area contributed by atoms with Crippen molar-refractivity contribution in [1.82, 2.24) is 9.91 Å². The van der Waals surface area contributed by atoms with Crippen LogP contribution in [0.1, 0.15) is 77.3 Å². The summed E-state index contributed by atoms with van der Waals surface area (Å²) in [6, 6.07) is 14.0. The standard InChI is InChI=1S/C32H44N4O5/c1-22(2)35(23(3)4)18-19-40-32(38)33-26-13-10-24(11-14-26)21-36-31(37)17-15-28(34-36)25-12-16-29(39-5)30(20-25)41-27-8-6-7-9-27/h10-14,16,20,22-23,27H,6-9,15,17-19,21H2,1-5H3,(H,33,38). The number of carbonyl (C=O) groups is 2. The number of nitrogens with one attached hydrogen (secondary N) is 1. The van der Waals surface area contributed by atoms with Gasteiger partial charge in [0.15, 0.2) is 11.5 Å². The van der Waals surface area contributed by atoms with Crippen molar-refractivity contribution in [3.8, 4) is 11.5 Å². The molecule has 1 aliphatic carbocycles. The molecule has 2 aromatic carbocycles. The number of hydrogen-bond donors (Lipinski definition) is 1. The molecule has 0 spiro atoms. The summed E-state index contributed by atoms with van der Waals surface area (Å²) in [6.07, 6.45) is 5.18. The van der Waals surface area contributed by atoms with E-state index in [1.807, 2.05) is 30.3 Å². The van der Waals surface area contributed by atoms with Crippen LogP contribution in [0.4, 0.5) is 10.5 Å². The van der Waals surface area contributed by atoms with Crippen molar-refractivity contribution in [3.63, 3.8) is 0 Å². The maximum absolute atomic E-state index is 12.7. The summed E-state index contributed by atoms with van der Waals surface area (Å²) in [4.78, 5) is 27.3. The van der Waals surface area contributed by atoms with E-state index in [1.54, 1.807) is 19.2 Å². The Kier molecular flexibility index (Phi) is 10.6. The number of carbonyl (C=O) groups excluding carboxylic acids is 2. The molecule has 4 rings (SSSR count). The molecule has 0 bridgehead atoms.